The molecule has 0 spiro atoms. The van der Waals surface area contributed by atoms with E-state index in [2.05, 4.69) is 4.99 Å². The molecule has 31 heavy (non-hydrogen) atoms. The van der Waals surface area contributed by atoms with E-state index >= 15 is 13.2 Å². The molecule has 0 N–H and O–H groups in total. The number of carbonyl (C=O) groups excluding carboxylic acids is 1. The fourth-order valence-corrected chi connectivity index (χ4v) is 6.64. The Morgan fingerprint density at radius 3 is 1.94 bits per heavy atom. The van der Waals surface area contributed by atoms with Gasteiger partial charge in [0, 0.05) is 57.8 Å². The fraction of sp³-hybridized carbons (Fsp3) is 0.800. The van der Waals surface area contributed by atoms with Gasteiger partial charge in [0.2, 0.25) is 0 Å². The number of alkyl halides is 6. The molecule has 6 rings (SSSR count). The van der Waals surface area contributed by atoms with Crippen molar-refractivity contribution in [2.24, 2.45) is 4.99 Å². The van der Waals surface area contributed by atoms with Crippen LogP contribution >= 0.6 is 0 Å². The Hall–Kier alpha value is -1.78. The highest BCUT2D eigenvalue weighted by molar-refractivity contribution is 6.23. The maximum absolute atomic E-state index is 15.4. The number of ether oxygens (including phenoxy) is 1. The number of amides is 1. The second-order valence-electron chi connectivity index (χ2n) is 9.80. The molecule has 2 aliphatic heterocycles. The van der Waals surface area contributed by atoms with Crippen LogP contribution < -0.4 is 0 Å². The lowest BCUT2D eigenvalue weighted by Gasteiger charge is -2.65. The maximum atomic E-state index is 15.4. The summed E-state index contributed by atoms with van der Waals surface area (Å²) in [6, 6.07) is 0. The van der Waals surface area contributed by atoms with Crippen LogP contribution in [0.4, 0.5) is 26.3 Å². The van der Waals surface area contributed by atoms with Crippen molar-refractivity contribution in [2.75, 3.05) is 33.0 Å². The number of carbonyl (C=O) groups is 1. The van der Waals surface area contributed by atoms with Gasteiger partial charge in [-0.3, -0.25) is 9.79 Å². The van der Waals surface area contributed by atoms with Gasteiger partial charge in [0.05, 0.1) is 24.3 Å². The van der Waals surface area contributed by atoms with Gasteiger partial charge in [0.25, 0.3) is 5.91 Å². The third-order valence-corrected chi connectivity index (χ3v) is 7.17. The molecule has 0 aromatic carbocycles. The first-order valence-electron chi connectivity index (χ1n) is 10.4. The number of hydrogen-bond acceptors (Lipinski definition) is 4. The number of rotatable bonds is 2. The summed E-state index contributed by atoms with van der Waals surface area (Å²) in [7, 11) is 0. The van der Waals surface area contributed by atoms with Crippen molar-refractivity contribution in [3.05, 3.63) is 11.8 Å². The van der Waals surface area contributed by atoms with E-state index in [9.17, 15) is 18.0 Å². The summed E-state index contributed by atoms with van der Waals surface area (Å²) in [5, 5.41) is 0. The number of morpholine rings is 1. The Morgan fingerprint density at radius 1 is 0.935 bits per heavy atom. The maximum Gasteiger partial charge on any atom is 0.433 e. The minimum absolute atomic E-state index is 0.126. The van der Waals surface area contributed by atoms with Crippen LogP contribution in [0.15, 0.2) is 16.8 Å². The standard InChI is InChI=1S/C20H23F6N3O2/c21-16-6-17(22)8-18(23,7-16)11-19(9-16,10-17)29-5-13(14(27-12-29)20(24,25)26)15(30)28-1-3-31-4-2-28/h5H,1-4,6-12H2. The highest BCUT2D eigenvalue weighted by Crippen LogP contribution is 2.66. The van der Waals surface area contributed by atoms with Gasteiger partial charge in [0.1, 0.15) is 23.7 Å². The van der Waals surface area contributed by atoms with Gasteiger partial charge < -0.3 is 14.5 Å². The van der Waals surface area contributed by atoms with Crippen molar-refractivity contribution in [3.63, 3.8) is 0 Å². The van der Waals surface area contributed by atoms with Crippen molar-refractivity contribution in [3.8, 4) is 0 Å². The van der Waals surface area contributed by atoms with Crippen molar-refractivity contribution in [1.29, 1.82) is 0 Å². The molecule has 6 aliphatic rings. The largest absolute Gasteiger partial charge is 0.433 e. The van der Waals surface area contributed by atoms with E-state index in [4.69, 9.17) is 4.74 Å². The zero-order valence-electron chi connectivity index (χ0n) is 16.8. The molecule has 1 saturated heterocycles. The highest BCUT2D eigenvalue weighted by Gasteiger charge is 2.71. The first-order valence-corrected chi connectivity index (χ1v) is 10.4. The SMILES string of the molecule is O=C(C1=CN(C23CC4(F)CC(F)(CC(F)(C4)C2)C3)CN=C1C(F)(F)F)N1CCOCC1. The molecule has 0 unspecified atom stereocenters. The van der Waals surface area contributed by atoms with Crippen LogP contribution in [0.2, 0.25) is 0 Å². The summed E-state index contributed by atoms with van der Waals surface area (Å²) >= 11 is 0. The molecule has 4 aliphatic carbocycles. The predicted octanol–water partition coefficient (Wildman–Crippen LogP) is 3.25. The average molecular weight is 451 g/mol. The lowest BCUT2D eigenvalue weighted by molar-refractivity contribution is -0.217. The van der Waals surface area contributed by atoms with E-state index < -0.39 is 71.8 Å². The molecule has 0 aromatic heterocycles. The number of nitrogens with zero attached hydrogens (tertiary/aromatic N) is 3. The highest BCUT2D eigenvalue weighted by atomic mass is 19.4. The Balaban J connectivity index is 1.52. The van der Waals surface area contributed by atoms with E-state index in [1.807, 2.05) is 0 Å². The minimum Gasteiger partial charge on any atom is -0.378 e. The summed E-state index contributed by atoms with van der Waals surface area (Å²) in [5.74, 6) is -0.867. The van der Waals surface area contributed by atoms with Crippen LogP contribution in [-0.4, -0.2) is 83.1 Å². The molecule has 1 amide bonds. The molecule has 0 aromatic rings. The number of halogens is 6. The molecule has 2 heterocycles. The Bertz CT molecular complexity index is 812. The van der Waals surface area contributed by atoms with E-state index in [1.165, 1.54) is 9.80 Å². The van der Waals surface area contributed by atoms with Crippen LogP contribution in [0.3, 0.4) is 0 Å². The molecule has 5 fully saturated rings. The van der Waals surface area contributed by atoms with Crippen LogP contribution in [-0.2, 0) is 9.53 Å². The summed E-state index contributed by atoms with van der Waals surface area (Å²) in [4.78, 5) is 19.1. The average Bonchev–Trinajstić information content (AvgIpc) is 2.63. The third kappa shape index (κ3) is 3.43. The summed E-state index contributed by atoms with van der Waals surface area (Å²) < 4.78 is 92.1. The normalized spacial score (nSPS) is 42.5. The monoisotopic (exact) mass is 451 g/mol. The van der Waals surface area contributed by atoms with Crippen molar-refractivity contribution < 1.29 is 35.9 Å². The molecule has 0 atom stereocenters. The zero-order valence-corrected chi connectivity index (χ0v) is 16.8. The first-order chi connectivity index (χ1) is 14.3. The lowest BCUT2D eigenvalue weighted by atomic mass is 9.49. The molecular formula is C20H23F6N3O2. The van der Waals surface area contributed by atoms with Gasteiger partial charge in [-0.1, -0.05) is 0 Å². The van der Waals surface area contributed by atoms with Gasteiger partial charge in [-0.15, -0.1) is 0 Å². The topological polar surface area (TPSA) is 45.1 Å². The van der Waals surface area contributed by atoms with Crippen LogP contribution in [0, 0.1) is 0 Å². The Kier molecular flexibility index (Phi) is 4.34. The molecule has 5 nitrogen and oxygen atoms in total. The molecule has 11 heteroatoms. The van der Waals surface area contributed by atoms with Gasteiger partial charge in [-0.2, -0.15) is 13.2 Å². The molecule has 172 valence electrons. The smallest absolute Gasteiger partial charge is 0.378 e. The van der Waals surface area contributed by atoms with Crippen molar-refractivity contribution in [2.45, 2.75) is 67.2 Å². The second-order valence-corrected chi connectivity index (χ2v) is 9.80. The van der Waals surface area contributed by atoms with E-state index in [0.29, 0.717) is 0 Å². The number of aliphatic imine (C=N–C) groups is 1. The Labute approximate surface area is 175 Å². The molecule has 4 bridgehead atoms. The van der Waals surface area contributed by atoms with Gasteiger partial charge in [-0.25, -0.2) is 13.2 Å². The van der Waals surface area contributed by atoms with E-state index in [-0.39, 0.29) is 45.6 Å². The van der Waals surface area contributed by atoms with Gasteiger partial charge >= 0.3 is 6.18 Å². The molecule has 0 radical (unpaired) electrons. The Morgan fingerprint density at radius 2 is 1.45 bits per heavy atom. The number of hydrogen-bond donors (Lipinski definition) is 0. The quantitative estimate of drug-likeness (QED) is 0.606. The van der Waals surface area contributed by atoms with E-state index in [0.717, 1.165) is 6.20 Å². The van der Waals surface area contributed by atoms with Crippen molar-refractivity contribution in [1.82, 2.24) is 9.80 Å². The van der Waals surface area contributed by atoms with Crippen LogP contribution in [0.25, 0.3) is 0 Å². The third-order valence-electron chi connectivity index (χ3n) is 7.17. The fourth-order valence-electron chi connectivity index (χ4n) is 6.64. The predicted molar refractivity (Wildman–Crippen MR) is 97.6 cm³/mol. The summed E-state index contributed by atoms with van der Waals surface area (Å²) in [6.07, 6.45) is -5.63. The zero-order chi connectivity index (χ0) is 22.3. The van der Waals surface area contributed by atoms with Gasteiger partial charge in [0.15, 0.2) is 5.71 Å². The summed E-state index contributed by atoms with van der Waals surface area (Å²) in [6.45, 7) is 0.119. The second kappa shape index (κ2) is 6.39. The van der Waals surface area contributed by atoms with Gasteiger partial charge in [-0.05, 0) is 0 Å². The van der Waals surface area contributed by atoms with Crippen LogP contribution in [0.1, 0.15) is 38.5 Å². The van der Waals surface area contributed by atoms with Crippen molar-refractivity contribution >= 4 is 11.6 Å². The molecule has 4 saturated carbocycles. The minimum atomic E-state index is -4.87. The van der Waals surface area contributed by atoms with Crippen LogP contribution in [0.5, 0.6) is 0 Å². The lowest BCUT2D eigenvalue weighted by Crippen LogP contribution is -2.72. The molecular weight excluding hydrogens is 428 g/mol. The first kappa shape index (κ1) is 21.1. The van der Waals surface area contributed by atoms with E-state index in [1.54, 1.807) is 0 Å². The summed E-state index contributed by atoms with van der Waals surface area (Å²) in [5.41, 5.74) is -9.53.